The summed E-state index contributed by atoms with van der Waals surface area (Å²) in [6.07, 6.45) is 0.413. The molecule has 4 aliphatic rings. The summed E-state index contributed by atoms with van der Waals surface area (Å²) < 4.78 is 85.2. The molecule has 15 heteroatoms. The fraction of sp³-hybridized carbons (Fsp3) is 0.528. The van der Waals surface area contributed by atoms with Crippen LogP contribution in [0.5, 0.6) is 11.8 Å². The SMILES string of the molecule is COC1(C)COCC2CCOc3c(Cl)c(-c4ccc(F)c5sc(C(F)F)c(C#N)c45)c(F)c4nc(OC[C@@]56CCCN5C[C@H](C)C6)nc(c34)N2C1. The third-order valence-electron chi connectivity index (χ3n) is 10.9. The van der Waals surface area contributed by atoms with E-state index in [0.717, 1.165) is 38.4 Å². The van der Waals surface area contributed by atoms with Crippen molar-refractivity contribution in [3.8, 4) is 29.0 Å². The lowest BCUT2D eigenvalue weighted by Crippen LogP contribution is -2.48. The Bertz CT molecular complexity index is 2100. The first-order valence-corrected chi connectivity index (χ1v) is 18.2. The second-order valence-corrected chi connectivity index (χ2v) is 15.8. The quantitative estimate of drug-likeness (QED) is 0.183. The summed E-state index contributed by atoms with van der Waals surface area (Å²) in [6.45, 7) is 7.56. The fourth-order valence-electron chi connectivity index (χ4n) is 8.51. The summed E-state index contributed by atoms with van der Waals surface area (Å²) in [5.41, 5.74) is -1.82. The van der Waals surface area contributed by atoms with Crippen LogP contribution < -0.4 is 14.4 Å². The molecule has 8 rings (SSSR count). The summed E-state index contributed by atoms with van der Waals surface area (Å²) in [5.74, 6) is -0.820. The number of hydrogen-bond acceptors (Lipinski definition) is 10. The normalized spacial score (nSPS) is 26.5. The Kier molecular flexibility index (Phi) is 8.74. The highest BCUT2D eigenvalue weighted by atomic mass is 35.5. The Hall–Kier alpha value is -3.48. The second-order valence-electron chi connectivity index (χ2n) is 14.4. The number of nitriles is 1. The van der Waals surface area contributed by atoms with Gasteiger partial charge >= 0.3 is 6.01 Å². The maximum atomic E-state index is 17.4. The minimum atomic E-state index is -3.05. The van der Waals surface area contributed by atoms with E-state index in [-0.39, 0.29) is 67.1 Å². The molecule has 51 heavy (non-hydrogen) atoms. The molecule has 4 aromatic rings. The van der Waals surface area contributed by atoms with Crippen molar-refractivity contribution in [2.24, 2.45) is 5.92 Å². The molecule has 0 N–H and O–H groups in total. The zero-order chi connectivity index (χ0) is 35.8. The van der Waals surface area contributed by atoms with E-state index in [1.807, 2.05) is 11.8 Å². The first kappa shape index (κ1) is 34.6. The van der Waals surface area contributed by atoms with Gasteiger partial charge in [0.1, 0.15) is 35.4 Å². The second kappa shape index (κ2) is 12.9. The van der Waals surface area contributed by atoms with Crippen molar-refractivity contribution >= 4 is 49.7 Å². The van der Waals surface area contributed by atoms with E-state index in [4.69, 9.17) is 35.5 Å². The summed E-state index contributed by atoms with van der Waals surface area (Å²) in [4.78, 5) is 13.4. The fourth-order valence-corrected chi connectivity index (χ4v) is 9.88. The van der Waals surface area contributed by atoms with E-state index in [1.165, 1.54) is 6.07 Å². The first-order chi connectivity index (χ1) is 24.5. The van der Waals surface area contributed by atoms with Crippen LogP contribution in [-0.4, -0.2) is 85.2 Å². The molecule has 0 spiro atoms. The topological polar surface area (TPSA) is 93.0 Å². The largest absolute Gasteiger partial charge is 0.491 e. The van der Waals surface area contributed by atoms with Crippen molar-refractivity contribution in [2.75, 3.05) is 58.1 Å². The summed E-state index contributed by atoms with van der Waals surface area (Å²) in [6, 6.07) is 3.82. The summed E-state index contributed by atoms with van der Waals surface area (Å²) in [7, 11) is 1.61. The zero-order valence-corrected chi connectivity index (χ0v) is 29.9. The van der Waals surface area contributed by atoms with Crippen LogP contribution in [0.4, 0.5) is 23.4 Å². The average molecular weight is 746 g/mol. The van der Waals surface area contributed by atoms with Crippen LogP contribution in [0, 0.1) is 28.9 Å². The molecule has 0 saturated carbocycles. The highest BCUT2D eigenvalue weighted by Gasteiger charge is 2.48. The molecule has 0 amide bonds. The number of thiophene rings is 1. The molecular weight excluding hydrogens is 710 g/mol. The zero-order valence-electron chi connectivity index (χ0n) is 28.3. The van der Waals surface area contributed by atoms with Crippen LogP contribution in [0.3, 0.4) is 0 Å². The molecule has 2 aromatic heterocycles. The van der Waals surface area contributed by atoms with E-state index >= 15 is 8.78 Å². The monoisotopic (exact) mass is 745 g/mol. The number of hydrogen-bond donors (Lipinski definition) is 0. The minimum Gasteiger partial charge on any atom is -0.491 e. The number of alkyl halides is 2. The van der Waals surface area contributed by atoms with Crippen LogP contribution >= 0.6 is 22.9 Å². The van der Waals surface area contributed by atoms with Crippen molar-refractivity contribution in [1.29, 1.82) is 5.26 Å². The molecular formula is C36H36ClF4N5O4S. The number of benzene rings is 2. The maximum absolute atomic E-state index is 17.4. The Balaban J connectivity index is 1.38. The van der Waals surface area contributed by atoms with Gasteiger partial charge in [-0.25, -0.2) is 17.6 Å². The molecule has 6 heterocycles. The van der Waals surface area contributed by atoms with E-state index < -0.39 is 34.1 Å². The predicted octanol–water partition coefficient (Wildman–Crippen LogP) is 7.90. The number of aromatic nitrogens is 2. The van der Waals surface area contributed by atoms with Gasteiger partial charge in [0.15, 0.2) is 11.6 Å². The van der Waals surface area contributed by atoms with Gasteiger partial charge in [0.25, 0.3) is 6.43 Å². The van der Waals surface area contributed by atoms with Gasteiger partial charge in [-0.1, -0.05) is 24.6 Å². The van der Waals surface area contributed by atoms with E-state index in [0.29, 0.717) is 55.9 Å². The molecule has 270 valence electrons. The number of halogens is 5. The van der Waals surface area contributed by atoms with Crippen molar-refractivity contribution in [3.63, 3.8) is 0 Å². The average Bonchev–Trinajstić information content (AvgIpc) is 3.74. The standard InChI is InChI=1S/C36H36ClF4N5O4S/c1-18-11-36(8-4-9-45(36)13-18)17-50-34-43-28-25-29(49-10-7-19-14-48-16-35(2,47-3)15-46(19)33(25)44-34)26(37)24(27(28)39)20-5-6-22(38)31-23(20)21(12-42)30(51-31)32(40)41/h5-6,18-19,32H,4,7-11,13-17H2,1-3H3/t18-,19?,35?,36+/m1/s1. The summed E-state index contributed by atoms with van der Waals surface area (Å²) in [5, 5.41) is 9.85. The number of ether oxygens (including phenoxy) is 4. The Morgan fingerprint density at radius 2 is 2.06 bits per heavy atom. The Morgan fingerprint density at radius 1 is 1.24 bits per heavy atom. The maximum Gasteiger partial charge on any atom is 0.319 e. The van der Waals surface area contributed by atoms with Crippen molar-refractivity contribution in [1.82, 2.24) is 14.9 Å². The van der Waals surface area contributed by atoms with Gasteiger partial charge in [-0.2, -0.15) is 15.2 Å². The van der Waals surface area contributed by atoms with Gasteiger partial charge in [0, 0.05) is 31.0 Å². The van der Waals surface area contributed by atoms with Crippen LogP contribution in [-0.2, 0) is 9.47 Å². The Morgan fingerprint density at radius 3 is 2.82 bits per heavy atom. The lowest BCUT2D eigenvalue weighted by molar-refractivity contribution is -0.0460. The lowest BCUT2D eigenvalue weighted by Gasteiger charge is -2.37. The van der Waals surface area contributed by atoms with Crippen LogP contribution in [0.1, 0.15) is 56.4 Å². The van der Waals surface area contributed by atoms with Gasteiger partial charge in [-0.3, -0.25) is 4.90 Å². The van der Waals surface area contributed by atoms with Gasteiger partial charge in [-0.05, 0) is 50.3 Å². The number of anilines is 1. The number of fused-ring (bicyclic) bond motifs is 4. The molecule has 3 saturated heterocycles. The number of methoxy groups -OCH3 is 1. The van der Waals surface area contributed by atoms with E-state index in [2.05, 4.69) is 16.8 Å². The predicted molar refractivity (Wildman–Crippen MR) is 185 cm³/mol. The number of nitrogens with zero attached hydrogens (tertiary/aromatic N) is 5. The summed E-state index contributed by atoms with van der Waals surface area (Å²) >= 11 is 7.53. The van der Waals surface area contributed by atoms with Crippen molar-refractivity contribution in [3.05, 3.63) is 39.2 Å². The van der Waals surface area contributed by atoms with Gasteiger partial charge in [-0.15, -0.1) is 11.3 Å². The van der Waals surface area contributed by atoms with Crippen LogP contribution in [0.2, 0.25) is 5.02 Å². The highest BCUT2D eigenvalue weighted by molar-refractivity contribution is 7.19. The van der Waals surface area contributed by atoms with Crippen LogP contribution in [0.15, 0.2) is 12.1 Å². The molecule has 4 atom stereocenters. The van der Waals surface area contributed by atoms with E-state index in [9.17, 15) is 14.0 Å². The molecule has 3 fully saturated rings. The van der Waals surface area contributed by atoms with Crippen LogP contribution in [0.25, 0.3) is 32.1 Å². The highest BCUT2D eigenvalue weighted by Crippen LogP contribution is 2.52. The molecule has 0 bridgehead atoms. The molecule has 0 radical (unpaired) electrons. The first-order valence-electron chi connectivity index (χ1n) is 17.0. The van der Waals surface area contributed by atoms with Gasteiger partial charge in [0.2, 0.25) is 0 Å². The van der Waals surface area contributed by atoms with E-state index in [1.54, 1.807) is 13.2 Å². The molecule has 0 aliphatic carbocycles. The minimum absolute atomic E-state index is 0.0338. The molecule has 4 aliphatic heterocycles. The molecule has 2 aromatic carbocycles. The molecule has 9 nitrogen and oxygen atoms in total. The van der Waals surface area contributed by atoms with Gasteiger partial charge in [0.05, 0.1) is 63.5 Å². The third kappa shape index (κ3) is 5.58. The van der Waals surface area contributed by atoms with Crippen molar-refractivity contribution in [2.45, 2.75) is 63.1 Å². The van der Waals surface area contributed by atoms with Crippen molar-refractivity contribution < 1.29 is 36.5 Å². The third-order valence-corrected chi connectivity index (χ3v) is 12.5. The smallest absolute Gasteiger partial charge is 0.319 e. The lowest BCUT2D eigenvalue weighted by atomic mass is 9.92. The van der Waals surface area contributed by atoms with Gasteiger partial charge < -0.3 is 23.8 Å². The molecule has 2 unspecified atom stereocenters. The Labute approximate surface area is 301 Å². The number of rotatable bonds is 6.